The predicted molar refractivity (Wildman–Crippen MR) is 105 cm³/mol. The summed E-state index contributed by atoms with van der Waals surface area (Å²) in [5.74, 6) is 0.523. The highest BCUT2D eigenvalue weighted by Gasteiger charge is 2.20. The van der Waals surface area contributed by atoms with Crippen molar-refractivity contribution < 1.29 is 4.79 Å². The Hall–Kier alpha value is -2.58. The van der Waals surface area contributed by atoms with E-state index in [1.165, 1.54) is 0 Å². The molecule has 1 saturated heterocycles. The van der Waals surface area contributed by atoms with Crippen LogP contribution in [0.2, 0.25) is 0 Å². The molecule has 138 valence electrons. The highest BCUT2D eigenvalue weighted by molar-refractivity contribution is 7.19. The van der Waals surface area contributed by atoms with Gasteiger partial charge in [-0.1, -0.05) is 11.3 Å². The topological polar surface area (TPSA) is 77.1 Å². The fourth-order valence-electron chi connectivity index (χ4n) is 3.79. The Balaban J connectivity index is 1.56. The molecule has 1 aliphatic rings. The second-order valence-corrected chi connectivity index (χ2v) is 8.10. The Morgan fingerprint density at radius 1 is 1.22 bits per heavy atom. The molecule has 8 heteroatoms. The minimum Gasteiger partial charge on any atom is -0.317 e. The van der Waals surface area contributed by atoms with Crippen molar-refractivity contribution in [3.8, 4) is 10.6 Å². The number of hydrogen-bond donors (Lipinski definition) is 1. The highest BCUT2D eigenvalue weighted by atomic mass is 32.1. The van der Waals surface area contributed by atoms with Gasteiger partial charge >= 0.3 is 0 Å². The molecule has 0 spiro atoms. The molecule has 0 radical (unpaired) electrons. The van der Waals surface area contributed by atoms with E-state index < -0.39 is 0 Å². The Bertz CT molecular complexity index is 1130. The van der Waals surface area contributed by atoms with Crippen molar-refractivity contribution >= 4 is 33.0 Å². The number of benzene rings is 1. The van der Waals surface area contributed by atoms with E-state index in [9.17, 15) is 4.79 Å². The lowest BCUT2D eigenvalue weighted by Crippen LogP contribution is -2.26. The van der Waals surface area contributed by atoms with Crippen LogP contribution >= 0.6 is 11.3 Å². The molecule has 7 nitrogen and oxygen atoms in total. The molecule has 27 heavy (non-hydrogen) atoms. The molecule has 1 aromatic carbocycles. The minimum absolute atomic E-state index is 0.00933. The second kappa shape index (κ2) is 6.24. The fourth-order valence-corrected chi connectivity index (χ4v) is 4.67. The maximum absolute atomic E-state index is 12.1. The standard InChI is InChI=1S/C19H20N6OS/c1-11(26)15-8-13(7-14-9-24(2)22-17(14)15)18-23-25-10-16(21-19(25)27-18)12-3-5-20-6-4-12/h7-10,12,20H,3-6H2,1-2H3. The number of ketones is 1. The van der Waals surface area contributed by atoms with Crippen molar-refractivity contribution in [1.82, 2.24) is 29.7 Å². The van der Waals surface area contributed by atoms with E-state index in [0.717, 1.165) is 58.1 Å². The summed E-state index contributed by atoms with van der Waals surface area (Å²) in [6, 6.07) is 3.93. The van der Waals surface area contributed by atoms with E-state index >= 15 is 0 Å². The molecule has 1 aliphatic heterocycles. The Kier molecular flexibility index (Phi) is 3.84. The van der Waals surface area contributed by atoms with Crippen LogP contribution in [0.3, 0.4) is 0 Å². The van der Waals surface area contributed by atoms with Crippen molar-refractivity contribution in [3.05, 3.63) is 35.8 Å². The van der Waals surface area contributed by atoms with Crippen LogP contribution in [0.5, 0.6) is 0 Å². The number of nitrogens with zero attached hydrogens (tertiary/aromatic N) is 5. The summed E-state index contributed by atoms with van der Waals surface area (Å²) in [6.45, 7) is 3.67. The van der Waals surface area contributed by atoms with E-state index in [1.807, 2.05) is 29.9 Å². The van der Waals surface area contributed by atoms with E-state index in [1.54, 1.807) is 22.9 Å². The maximum atomic E-state index is 12.1. The van der Waals surface area contributed by atoms with Crippen molar-refractivity contribution in [2.75, 3.05) is 13.1 Å². The van der Waals surface area contributed by atoms with E-state index in [2.05, 4.69) is 16.6 Å². The first-order valence-corrected chi connectivity index (χ1v) is 9.95. The van der Waals surface area contributed by atoms with Gasteiger partial charge < -0.3 is 5.32 Å². The number of hydrogen-bond acceptors (Lipinski definition) is 6. The molecule has 3 aromatic heterocycles. The molecule has 4 aromatic rings. The number of carbonyl (C=O) groups excluding carboxylic acids is 1. The summed E-state index contributed by atoms with van der Waals surface area (Å²) in [7, 11) is 1.86. The van der Waals surface area contributed by atoms with Crippen molar-refractivity contribution in [3.63, 3.8) is 0 Å². The van der Waals surface area contributed by atoms with Crippen molar-refractivity contribution in [1.29, 1.82) is 0 Å². The fraction of sp³-hybridized carbons (Fsp3) is 0.368. The number of imidazole rings is 1. The van der Waals surface area contributed by atoms with Crippen LogP contribution < -0.4 is 5.32 Å². The summed E-state index contributed by atoms with van der Waals surface area (Å²) in [5, 5.41) is 14.4. The summed E-state index contributed by atoms with van der Waals surface area (Å²) >= 11 is 1.56. The van der Waals surface area contributed by atoms with Crippen LogP contribution in [0.15, 0.2) is 24.5 Å². The molecule has 0 aliphatic carbocycles. The third kappa shape index (κ3) is 2.85. The zero-order chi connectivity index (χ0) is 18.5. The normalized spacial score (nSPS) is 15.8. The number of aryl methyl sites for hydroxylation is 1. The number of piperidine rings is 1. The largest absolute Gasteiger partial charge is 0.317 e. The van der Waals surface area contributed by atoms with Gasteiger partial charge in [-0.3, -0.25) is 9.48 Å². The molecule has 5 rings (SSSR count). The molecule has 0 atom stereocenters. The molecule has 4 heterocycles. The summed E-state index contributed by atoms with van der Waals surface area (Å²) < 4.78 is 3.61. The van der Waals surface area contributed by atoms with Crippen molar-refractivity contribution in [2.24, 2.45) is 7.05 Å². The average molecular weight is 380 g/mol. The molecule has 0 amide bonds. The van der Waals surface area contributed by atoms with Gasteiger partial charge in [0, 0.05) is 35.7 Å². The number of fused-ring (bicyclic) bond motifs is 2. The third-order valence-electron chi connectivity index (χ3n) is 5.17. The average Bonchev–Trinajstić information content (AvgIpc) is 3.32. The molecular weight excluding hydrogens is 360 g/mol. The van der Waals surface area contributed by atoms with Gasteiger partial charge in [0.25, 0.3) is 0 Å². The van der Waals surface area contributed by atoms with Crippen LogP contribution in [0, 0.1) is 0 Å². The van der Waals surface area contributed by atoms with Crippen LogP contribution in [-0.4, -0.2) is 43.3 Å². The van der Waals surface area contributed by atoms with Gasteiger partial charge in [-0.05, 0) is 45.0 Å². The molecule has 0 unspecified atom stereocenters. The lowest BCUT2D eigenvalue weighted by Gasteiger charge is -2.20. The first-order chi connectivity index (χ1) is 13.1. The van der Waals surface area contributed by atoms with Gasteiger partial charge in [-0.2, -0.15) is 10.2 Å². The van der Waals surface area contributed by atoms with Crippen molar-refractivity contribution in [2.45, 2.75) is 25.7 Å². The van der Waals surface area contributed by atoms with Crippen LogP contribution in [0.1, 0.15) is 41.7 Å². The zero-order valence-corrected chi connectivity index (χ0v) is 16.1. The van der Waals surface area contributed by atoms with Gasteiger partial charge in [0.2, 0.25) is 4.96 Å². The van der Waals surface area contributed by atoms with Crippen LogP contribution in [0.25, 0.3) is 26.4 Å². The number of nitrogens with one attached hydrogen (secondary N) is 1. The summed E-state index contributed by atoms with van der Waals surface area (Å²) in [6.07, 6.45) is 6.23. The van der Waals surface area contributed by atoms with Gasteiger partial charge in [-0.15, -0.1) is 0 Å². The van der Waals surface area contributed by atoms with Gasteiger partial charge in [0.05, 0.1) is 11.9 Å². The number of aromatic nitrogens is 5. The Morgan fingerprint density at radius 2 is 2.04 bits per heavy atom. The third-order valence-corrected chi connectivity index (χ3v) is 6.14. The van der Waals surface area contributed by atoms with Crippen LogP contribution in [0.4, 0.5) is 0 Å². The van der Waals surface area contributed by atoms with Crippen LogP contribution in [-0.2, 0) is 7.05 Å². The maximum Gasteiger partial charge on any atom is 0.212 e. The molecule has 1 N–H and O–H groups in total. The van der Waals surface area contributed by atoms with Gasteiger partial charge in [0.1, 0.15) is 10.5 Å². The predicted octanol–water partition coefficient (Wildman–Crippen LogP) is 3.01. The van der Waals surface area contributed by atoms with Gasteiger partial charge in [-0.25, -0.2) is 9.50 Å². The SMILES string of the molecule is CC(=O)c1cc(-c2nn3cc(C4CCNCC4)nc3s2)cc2cn(C)nc12. The minimum atomic E-state index is 0.00933. The number of rotatable bonds is 3. The van der Waals surface area contributed by atoms with E-state index in [0.29, 0.717) is 11.5 Å². The monoisotopic (exact) mass is 380 g/mol. The molecular formula is C19H20N6OS. The Labute approximate surface area is 160 Å². The lowest BCUT2D eigenvalue weighted by atomic mass is 9.95. The molecule has 1 fully saturated rings. The zero-order valence-electron chi connectivity index (χ0n) is 15.3. The summed E-state index contributed by atoms with van der Waals surface area (Å²) in [4.78, 5) is 17.8. The highest BCUT2D eigenvalue weighted by Crippen LogP contribution is 2.32. The summed E-state index contributed by atoms with van der Waals surface area (Å²) in [5.41, 5.74) is 3.43. The second-order valence-electron chi connectivity index (χ2n) is 7.14. The first-order valence-electron chi connectivity index (χ1n) is 9.14. The van der Waals surface area contributed by atoms with Gasteiger partial charge in [0.15, 0.2) is 5.78 Å². The smallest absolute Gasteiger partial charge is 0.212 e. The molecule has 0 bridgehead atoms. The quantitative estimate of drug-likeness (QED) is 0.553. The lowest BCUT2D eigenvalue weighted by molar-refractivity contribution is 0.101. The number of Topliss-reactive ketones (excluding diaryl/α,β-unsaturated/α-hetero) is 1. The van der Waals surface area contributed by atoms with E-state index in [4.69, 9.17) is 10.1 Å². The molecule has 0 saturated carbocycles. The first kappa shape index (κ1) is 16.6. The Morgan fingerprint density at radius 3 is 2.78 bits per heavy atom. The number of carbonyl (C=O) groups is 1. The van der Waals surface area contributed by atoms with E-state index in [-0.39, 0.29) is 5.78 Å².